The number of ether oxygens (including phenoxy) is 1. The lowest BCUT2D eigenvalue weighted by molar-refractivity contribution is -0.133. The lowest BCUT2D eigenvalue weighted by Crippen LogP contribution is -2.58. The largest absolute Gasteiger partial charge is 0.478 e. The molecule has 0 radical (unpaired) electrons. The van der Waals surface area contributed by atoms with Crippen LogP contribution in [0.25, 0.3) is 11.1 Å². The zero-order valence-corrected chi connectivity index (χ0v) is 21.5. The SMILES string of the molecule is CCC(CC)O[C@@H]1C=C(C(=O)O)C[C@H](NCc2ccc(-c3ccc4c(c3)CCC4)cc2)[C@H]1NC(C)=O. The summed E-state index contributed by atoms with van der Waals surface area (Å²) in [6.45, 7) is 6.15. The van der Waals surface area contributed by atoms with Crippen molar-refractivity contribution in [2.24, 2.45) is 0 Å². The first-order valence-electron chi connectivity index (χ1n) is 13.2. The van der Waals surface area contributed by atoms with Gasteiger partial charge in [0.25, 0.3) is 0 Å². The fraction of sp³-hybridized carbons (Fsp3) is 0.467. The van der Waals surface area contributed by atoms with Gasteiger partial charge >= 0.3 is 5.97 Å². The second-order valence-corrected chi connectivity index (χ2v) is 9.99. The number of aryl methyl sites for hydroxylation is 2. The maximum atomic E-state index is 12.0. The third kappa shape index (κ3) is 6.23. The van der Waals surface area contributed by atoms with Gasteiger partial charge in [-0.25, -0.2) is 4.79 Å². The lowest BCUT2D eigenvalue weighted by atomic mass is 9.87. The second kappa shape index (κ2) is 11.8. The van der Waals surface area contributed by atoms with Crippen molar-refractivity contribution in [2.75, 3.05) is 0 Å². The van der Waals surface area contributed by atoms with E-state index >= 15 is 0 Å². The summed E-state index contributed by atoms with van der Waals surface area (Å²) in [7, 11) is 0. The Balaban J connectivity index is 1.48. The number of carboxylic acids is 1. The molecule has 2 aliphatic carbocycles. The summed E-state index contributed by atoms with van der Waals surface area (Å²) in [4.78, 5) is 23.9. The van der Waals surface area contributed by atoms with Crippen molar-refractivity contribution >= 4 is 11.9 Å². The Kier molecular flexibility index (Phi) is 8.60. The van der Waals surface area contributed by atoms with Crippen molar-refractivity contribution in [3.63, 3.8) is 0 Å². The zero-order chi connectivity index (χ0) is 25.7. The van der Waals surface area contributed by atoms with Crippen LogP contribution in [0.3, 0.4) is 0 Å². The first kappa shape index (κ1) is 26.1. The molecule has 2 aromatic rings. The molecule has 0 spiro atoms. The number of nitrogens with one attached hydrogen (secondary N) is 2. The molecule has 4 rings (SSSR count). The molecule has 1 amide bonds. The molecular formula is C30H38N2O4. The van der Waals surface area contributed by atoms with Gasteiger partial charge in [0.05, 0.1) is 18.2 Å². The summed E-state index contributed by atoms with van der Waals surface area (Å²) < 4.78 is 6.27. The number of fused-ring (bicyclic) bond motifs is 1. The van der Waals surface area contributed by atoms with Gasteiger partial charge in [0, 0.05) is 25.1 Å². The van der Waals surface area contributed by atoms with Crippen LogP contribution in [0.2, 0.25) is 0 Å². The van der Waals surface area contributed by atoms with Gasteiger partial charge in [-0.05, 0) is 72.4 Å². The van der Waals surface area contributed by atoms with Crippen molar-refractivity contribution in [3.05, 3.63) is 70.8 Å². The first-order chi connectivity index (χ1) is 17.4. The average molecular weight is 491 g/mol. The molecule has 192 valence electrons. The van der Waals surface area contributed by atoms with Gasteiger partial charge in [-0.3, -0.25) is 4.79 Å². The quantitative estimate of drug-likeness (QED) is 0.446. The van der Waals surface area contributed by atoms with E-state index in [0.29, 0.717) is 18.5 Å². The molecule has 0 heterocycles. The van der Waals surface area contributed by atoms with E-state index in [9.17, 15) is 14.7 Å². The Bertz CT molecular complexity index is 1100. The van der Waals surface area contributed by atoms with Crippen molar-refractivity contribution in [2.45, 2.75) is 90.1 Å². The van der Waals surface area contributed by atoms with Gasteiger partial charge in [-0.2, -0.15) is 0 Å². The number of carbonyl (C=O) groups excluding carboxylic acids is 1. The van der Waals surface area contributed by atoms with E-state index in [1.54, 1.807) is 6.08 Å². The van der Waals surface area contributed by atoms with Crippen molar-refractivity contribution in [1.82, 2.24) is 10.6 Å². The number of carboxylic acid groups (broad SMARTS) is 1. The molecule has 0 saturated carbocycles. The molecule has 6 nitrogen and oxygen atoms in total. The van der Waals surface area contributed by atoms with E-state index in [2.05, 4.69) is 53.1 Å². The fourth-order valence-electron chi connectivity index (χ4n) is 5.38. The number of aliphatic carboxylic acids is 1. The Morgan fingerprint density at radius 2 is 1.72 bits per heavy atom. The third-order valence-corrected chi connectivity index (χ3v) is 7.45. The minimum atomic E-state index is -0.945. The van der Waals surface area contributed by atoms with Crippen LogP contribution in [-0.4, -0.2) is 41.3 Å². The van der Waals surface area contributed by atoms with Gasteiger partial charge in [-0.1, -0.05) is 56.3 Å². The minimum Gasteiger partial charge on any atom is -0.478 e. The number of rotatable bonds is 10. The lowest BCUT2D eigenvalue weighted by Gasteiger charge is -2.38. The van der Waals surface area contributed by atoms with Crippen LogP contribution in [0.1, 0.15) is 63.1 Å². The minimum absolute atomic E-state index is 0.00284. The highest BCUT2D eigenvalue weighted by atomic mass is 16.5. The molecule has 0 fully saturated rings. The normalized spacial score (nSPS) is 21.2. The van der Waals surface area contributed by atoms with E-state index in [1.165, 1.54) is 42.0 Å². The molecule has 0 aromatic heterocycles. The second-order valence-electron chi connectivity index (χ2n) is 9.99. The first-order valence-corrected chi connectivity index (χ1v) is 13.2. The third-order valence-electron chi connectivity index (χ3n) is 7.45. The van der Waals surface area contributed by atoms with E-state index in [-0.39, 0.29) is 24.1 Å². The van der Waals surface area contributed by atoms with E-state index in [1.807, 2.05) is 13.8 Å². The monoisotopic (exact) mass is 490 g/mol. The van der Waals surface area contributed by atoms with Crippen LogP contribution in [-0.2, 0) is 33.7 Å². The van der Waals surface area contributed by atoms with Gasteiger partial charge in [-0.15, -0.1) is 0 Å². The molecule has 3 atom stereocenters. The number of carbonyl (C=O) groups is 2. The highest BCUT2D eigenvalue weighted by Gasteiger charge is 2.37. The molecular weight excluding hydrogens is 452 g/mol. The van der Waals surface area contributed by atoms with E-state index in [4.69, 9.17) is 4.74 Å². The molecule has 6 heteroatoms. The van der Waals surface area contributed by atoms with Gasteiger partial charge in [0.2, 0.25) is 5.91 Å². The summed E-state index contributed by atoms with van der Waals surface area (Å²) in [5, 5.41) is 16.3. The van der Waals surface area contributed by atoms with Crippen molar-refractivity contribution in [3.8, 4) is 11.1 Å². The summed E-state index contributed by atoms with van der Waals surface area (Å²) in [6.07, 6.45) is 6.73. The zero-order valence-electron chi connectivity index (χ0n) is 21.5. The number of amides is 1. The molecule has 0 aliphatic heterocycles. The Morgan fingerprint density at radius 3 is 2.39 bits per heavy atom. The van der Waals surface area contributed by atoms with Gasteiger partial charge < -0.3 is 20.5 Å². The number of hydrogen-bond acceptors (Lipinski definition) is 4. The molecule has 2 aromatic carbocycles. The fourth-order valence-corrected chi connectivity index (χ4v) is 5.38. The van der Waals surface area contributed by atoms with Crippen LogP contribution in [0.15, 0.2) is 54.1 Å². The highest BCUT2D eigenvalue weighted by molar-refractivity contribution is 5.87. The van der Waals surface area contributed by atoms with Crippen molar-refractivity contribution in [1.29, 1.82) is 0 Å². The highest BCUT2D eigenvalue weighted by Crippen LogP contribution is 2.29. The van der Waals surface area contributed by atoms with Crippen LogP contribution >= 0.6 is 0 Å². The summed E-state index contributed by atoms with van der Waals surface area (Å²) in [5.41, 5.74) is 6.79. The van der Waals surface area contributed by atoms with Crippen LogP contribution in [0.4, 0.5) is 0 Å². The molecule has 0 saturated heterocycles. The Hall–Kier alpha value is -2.96. The Morgan fingerprint density at radius 1 is 1.03 bits per heavy atom. The van der Waals surface area contributed by atoms with Crippen LogP contribution in [0.5, 0.6) is 0 Å². The summed E-state index contributed by atoms with van der Waals surface area (Å²) >= 11 is 0. The smallest absolute Gasteiger partial charge is 0.331 e. The average Bonchev–Trinajstić information content (AvgIpc) is 3.35. The predicted octanol–water partition coefficient (Wildman–Crippen LogP) is 4.79. The van der Waals surface area contributed by atoms with Crippen LogP contribution < -0.4 is 10.6 Å². The standard InChI is InChI=1S/C30H38N2O4/c1-4-26(5-2)36-28-17-25(30(34)35)16-27(29(28)32-19(3)33)31-18-20-9-11-22(12-10-20)24-14-13-21-7-6-8-23(21)15-24/h9-15,17,26-29,31H,4-8,16,18H2,1-3H3,(H,32,33)(H,34,35)/t27-,28+,29+/m0/s1. The van der Waals surface area contributed by atoms with Gasteiger partial charge in [0.15, 0.2) is 0 Å². The number of benzene rings is 2. The molecule has 0 bridgehead atoms. The van der Waals surface area contributed by atoms with Crippen LogP contribution in [0, 0.1) is 0 Å². The van der Waals surface area contributed by atoms with E-state index < -0.39 is 12.1 Å². The Labute approximate surface area is 214 Å². The molecule has 2 aliphatic rings. The predicted molar refractivity (Wildman–Crippen MR) is 142 cm³/mol. The summed E-state index contributed by atoms with van der Waals surface area (Å²) in [5.74, 6) is -1.10. The molecule has 36 heavy (non-hydrogen) atoms. The van der Waals surface area contributed by atoms with Crippen molar-refractivity contribution < 1.29 is 19.4 Å². The molecule has 0 unspecified atom stereocenters. The number of hydrogen-bond donors (Lipinski definition) is 3. The maximum absolute atomic E-state index is 12.0. The topological polar surface area (TPSA) is 87.7 Å². The van der Waals surface area contributed by atoms with Gasteiger partial charge in [0.1, 0.15) is 0 Å². The summed E-state index contributed by atoms with van der Waals surface area (Å²) in [6, 6.07) is 14.7. The molecule has 3 N–H and O–H groups in total. The maximum Gasteiger partial charge on any atom is 0.331 e. The van der Waals surface area contributed by atoms with E-state index in [0.717, 1.165) is 24.8 Å².